The highest BCUT2D eigenvalue weighted by atomic mass is 19.1. The summed E-state index contributed by atoms with van der Waals surface area (Å²) < 4.78 is 24.5. The summed E-state index contributed by atoms with van der Waals surface area (Å²) in [6.07, 6.45) is 0.328. The van der Waals surface area contributed by atoms with E-state index in [4.69, 9.17) is 15.2 Å². The van der Waals surface area contributed by atoms with Gasteiger partial charge >= 0.3 is 0 Å². The van der Waals surface area contributed by atoms with Gasteiger partial charge in [0.05, 0.1) is 18.9 Å². The topological polar surface area (TPSA) is 73.6 Å². The molecule has 2 unspecified atom stereocenters. The molecule has 1 aliphatic rings. The maximum absolute atomic E-state index is 13.8. The van der Waals surface area contributed by atoms with Crippen molar-refractivity contribution in [1.29, 1.82) is 0 Å². The highest BCUT2D eigenvalue weighted by Crippen LogP contribution is 2.50. The van der Waals surface area contributed by atoms with Crippen molar-refractivity contribution in [2.24, 2.45) is 11.1 Å². The zero-order valence-corrected chi connectivity index (χ0v) is 13.4. The van der Waals surface area contributed by atoms with Gasteiger partial charge in [-0.25, -0.2) is 4.39 Å². The lowest BCUT2D eigenvalue weighted by molar-refractivity contribution is -0.166. The molecule has 1 fully saturated rings. The molecule has 0 spiro atoms. The first-order chi connectivity index (χ1) is 10.3. The molecule has 0 aromatic heterocycles. The molecule has 0 radical (unpaired) electrons. The van der Waals surface area contributed by atoms with Crippen LogP contribution in [0.1, 0.15) is 27.2 Å². The summed E-state index contributed by atoms with van der Waals surface area (Å²) in [4.78, 5) is 12.5. The second-order valence-corrected chi connectivity index (χ2v) is 6.14. The van der Waals surface area contributed by atoms with Crippen LogP contribution in [0, 0.1) is 11.2 Å². The number of halogens is 1. The minimum Gasteiger partial charge on any atom is -0.497 e. The molecule has 2 atom stereocenters. The molecule has 6 heteroatoms. The van der Waals surface area contributed by atoms with Gasteiger partial charge in [-0.3, -0.25) is 4.79 Å². The highest BCUT2D eigenvalue weighted by Gasteiger charge is 2.62. The second-order valence-electron chi connectivity index (χ2n) is 6.14. The first kappa shape index (κ1) is 16.7. The molecule has 0 saturated heterocycles. The van der Waals surface area contributed by atoms with Gasteiger partial charge in [0.25, 0.3) is 0 Å². The number of benzene rings is 1. The summed E-state index contributed by atoms with van der Waals surface area (Å²) in [6.45, 7) is 6.24. The van der Waals surface area contributed by atoms with Gasteiger partial charge in [-0.2, -0.15) is 0 Å². The smallest absolute Gasteiger partial charge is 0.245 e. The van der Waals surface area contributed by atoms with Crippen molar-refractivity contribution in [3.05, 3.63) is 24.0 Å². The number of methoxy groups -OCH3 is 1. The van der Waals surface area contributed by atoms with Crippen LogP contribution in [0.3, 0.4) is 0 Å². The van der Waals surface area contributed by atoms with Crippen molar-refractivity contribution in [3.63, 3.8) is 0 Å². The van der Waals surface area contributed by atoms with E-state index >= 15 is 0 Å². The van der Waals surface area contributed by atoms with E-state index in [-0.39, 0.29) is 11.8 Å². The average molecular weight is 310 g/mol. The fourth-order valence-electron chi connectivity index (χ4n) is 2.78. The van der Waals surface area contributed by atoms with Gasteiger partial charge < -0.3 is 20.5 Å². The Morgan fingerprint density at radius 3 is 2.73 bits per heavy atom. The predicted octanol–water partition coefficient (Wildman–Crippen LogP) is 2.31. The van der Waals surface area contributed by atoms with Crippen LogP contribution in [0.4, 0.5) is 10.1 Å². The van der Waals surface area contributed by atoms with E-state index in [9.17, 15) is 9.18 Å². The quantitative estimate of drug-likeness (QED) is 0.875. The van der Waals surface area contributed by atoms with Crippen LogP contribution in [-0.4, -0.2) is 31.3 Å². The summed E-state index contributed by atoms with van der Waals surface area (Å²) in [6, 6.07) is 4.16. The van der Waals surface area contributed by atoms with Crippen LogP contribution in [-0.2, 0) is 9.53 Å². The third-order valence-corrected chi connectivity index (χ3v) is 4.66. The first-order valence-corrected chi connectivity index (χ1v) is 7.31. The summed E-state index contributed by atoms with van der Waals surface area (Å²) in [5, 5.41) is 2.57. The normalized spacial score (nSPS) is 26.2. The molecule has 5 nitrogen and oxygen atoms in total. The SMILES string of the molecule is CCOC1CC(N)(C(=O)Nc2cc(OC)ccc2F)C1(C)C. The molecule has 1 saturated carbocycles. The Morgan fingerprint density at radius 1 is 1.50 bits per heavy atom. The third kappa shape index (κ3) is 2.57. The fourth-order valence-corrected chi connectivity index (χ4v) is 2.78. The number of hydrogen-bond donors (Lipinski definition) is 2. The fraction of sp³-hybridized carbons (Fsp3) is 0.562. The average Bonchev–Trinajstić information content (AvgIpc) is 2.48. The molecule has 1 aromatic rings. The molecule has 2 rings (SSSR count). The Bertz CT molecular complexity index is 577. The summed E-state index contributed by atoms with van der Waals surface area (Å²) in [5.74, 6) is -0.486. The molecule has 0 aliphatic heterocycles. The molecule has 22 heavy (non-hydrogen) atoms. The Kier molecular flexibility index (Phi) is 4.44. The standard InChI is InChI=1S/C16H23FN2O3/c1-5-22-13-9-16(18,15(13,2)3)14(20)19-12-8-10(21-4)6-7-11(12)17/h6-8,13H,5,9,18H2,1-4H3,(H,19,20). The van der Waals surface area contributed by atoms with E-state index < -0.39 is 22.7 Å². The Labute approximate surface area is 130 Å². The van der Waals surface area contributed by atoms with E-state index in [1.54, 1.807) is 0 Å². The minimum absolute atomic E-state index is 0.0600. The number of carbonyl (C=O) groups excluding carboxylic acids is 1. The first-order valence-electron chi connectivity index (χ1n) is 7.31. The highest BCUT2D eigenvalue weighted by molar-refractivity contribution is 6.00. The Hall–Kier alpha value is -1.66. The number of anilines is 1. The zero-order valence-electron chi connectivity index (χ0n) is 13.4. The van der Waals surface area contributed by atoms with Gasteiger partial charge in [0, 0.05) is 24.5 Å². The lowest BCUT2D eigenvalue weighted by atomic mass is 9.54. The van der Waals surface area contributed by atoms with Crippen molar-refractivity contribution in [2.45, 2.75) is 38.8 Å². The number of rotatable bonds is 5. The number of nitrogens with two attached hydrogens (primary N) is 1. The van der Waals surface area contributed by atoms with Crippen molar-refractivity contribution in [1.82, 2.24) is 0 Å². The monoisotopic (exact) mass is 310 g/mol. The predicted molar refractivity (Wildman–Crippen MR) is 82.3 cm³/mol. The van der Waals surface area contributed by atoms with Gasteiger partial charge in [0.2, 0.25) is 5.91 Å². The zero-order chi connectivity index (χ0) is 16.5. The van der Waals surface area contributed by atoms with Gasteiger partial charge in [-0.05, 0) is 19.1 Å². The van der Waals surface area contributed by atoms with Gasteiger partial charge in [-0.1, -0.05) is 13.8 Å². The van der Waals surface area contributed by atoms with E-state index in [0.29, 0.717) is 18.8 Å². The maximum Gasteiger partial charge on any atom is 0.245 e. The van der Waals surface area contributed by atoms with Gasteiger partial charge in [-0.15, -0.1) is 0 Å². The third-order valence-electron chi connectivity index (χ3n) is 4.66. The molecule has 122 valence electrons. The minimum atomic E-state index is -1.09. The van der Waals surface area contributed by atoms with Crippen LogP contribution in [0.2, 0.25) is 0 Å². The van der Waals surface area contributed by atoms with Crippen LogP contribution < -0.4 is 15.8 Å². The van der Waals surface area contributed by atoms with Crippen LogP contribution in [0.15, 0.2) is 18.2 Å². The lowest BCUT2D eigenvalue weighted by Gasteiger charge is -2.57. The van der Waals surface area contributed by atoms with Gasteiger partial charge in [0.1, 0.15) is 17.1 Å². The van der Waals surface area contributed by atoms with E-state index in [0.717, 1.165) is 0 Å². The Balaban J connectivity index is 2.16. The van der Waals surface area contributed by atoms with Crippen LogP contribution in [0.25, 0.3) is 0 Å². The number of hydrogen-bond acceptors (Lipinski definition) is 4. The lowest BCUT2D eigenvalue weighted by Crippen LogP contribution is -2.74. The number of carbonyl (C=O) groups is 1. The largest absolute Gasteiger partial charge is 0.497 e. The summed E-state index contributed by atoms with van der Waals surface area (Å²) >= 11 is 0. The molecule has 1 aromatic carbocycles. The van der Waals surface area contributed by atoms with Crippen molar-refractivity contribution in [3.8, 4) is 5.75 Å². The Morgan fingerprint density at radius 2 is 2.18 bits per heavy atom. The molecule has 0 heterocycles. The van der Waals surface area contributed by atoms with Crippen LogP contribution in [0.5, 0.6) is 5.75 Å². The second kappa shape index (κ2) is 5.85. The van der Waals surface area contributed by atoms with E-state index in [1.807, 2.05) is 20.8 Å². The number of ether oxygens (including phenoxy) is 2. The van der Waals surface area contributed by atoms with Crippen molar-refractivity contribution >= 4 is 11.6 Å². The maximum atomic E-state index is 13.8. The van der Waals surface area contributed by atoms with Crippen molar-refractivity contribution in [2.75, 3.05) is 19.0 Å². The van der Waals surface area contributed by atoms with E-state index in [1.165, 1.54) is 25.3 Å². The molecule has 1 amide bonds. The summed E-state index contributed by atoms with van der Waals surface area (Å²) in [5.41, 5.74) is 4.71. The van der Waals surface area contributed by atoms with Crippen LogP contribution >= 0.6 is 0 Å². The number of amides is 1. The molecule has 0 bridgehead atoms. The molecular weight excluding hydrogens is 287 g/mol. The summed E-state index contributed by atoms with van der Waals surface area (Å²) in [7, 11) is 1.48. The molecule has 1 aliphatic carbocycles. The van der Waals surface area contributed by atoms with E-state index in [2.05, 4.69) is 5.32 Å². The van der Waals surface area contributed by atoms with Crippen molar-refractivity contribution < 1.29 is 18.7 Å². The molecular formula is C16H23FN2O3. The van der Waals surface area contributed by atoms with Gasteiger partial charge in [0.15, 0.2) is 0 Å². The molecule has 3 N–H and O–H groups in total. The number of nitrogens with one attached hydrogen (secondary N) is 1.